The van der Waals surface area contributed by atoms with E-state index in [-0.39, 0.29) is 25.0 Å². The standard InChI is InChI=1S/C30H40N2O5S/c1-5-8-12-18-31(17-6-2)27(35)25-30-16-15-29(4,38-30)24(28(36)37-19-7-3)23(30)26(34)32(25)22(20-33)21-13-10-9-11-14-21/h6-7,9-11,13-14,22-25,33H,2-3,5,8,12,15-20H2,1,4H3/t22-,23+,24+,25?,29-,30?/m1/s1. The predicted molar refractivity (Wildman–Crippen MR) is 149 cm³/mol. The molecule has 0 radical (unpaired) electrons. The van der Waals surface area contributed by atoms with E-state index >= 15 is 0 Å². The molecule has 2 unspecified atom stereocenters. The van der Waals surface area contributed by atoms with E-state index in [0.29, 0.717) is 25.9 Å². The average molecular weight is 541 g/mol. The number of carbonyl (C=O) groups excluding carboxylic acids is 3. The number of rotatable bonds is 13. The molecule has 8 heteroatoms. The molecule has 0 aromatic heterocycles. The molecule has 7 nitrogen and oxygen atoms in total. The minimum Gasteiger partial charge on any atom is -0.461 e. The van der Waals surface area contributed by atoms with E-state index in [9.17, 15) is 19.5 Å². The Kier molecular flexibility index (Phi) is 8.72. The number of likely N-dealkylation sites (tertiary alicyclic amines) is 1. The number of thioether (sulfide) groups is 1. The van der Waals surface area contributed by atoms with Crippen LogP contribution >= 0.6 is 11.8 Å². The summed E-state index contributed by atoms with van der Waals surface area (Å²) in [5.41, 5.74) is 0.760. The van der Waals surface area contributed by atoms with E-state index in [1.807, 2.05) is 37.3 Å². The third-order valence-corrected chi connectivity index (χ3v) is 10.4. The van der Waals surface area contributed by atoms with E-state index < -0.39 is 39.4 Å². The number of hydrogen-bond acceptors (Lipinski definition) is 6. The first-order valence-electron chi connectivity index (χ1n) is 13.6. The second-order valence-electron chi connectivity index (χ2n) is 10.8. The van der Waals surface area contributed by atoms with Gasteiger partial charge in [-0.2, -0.15) is 0 Å². The predicted octanol–water partition coefficient (Wildman–Crippen LogP) is 4.14. The molecule has 3 heterocycles. The molecule has 1 N–H and O–H groups in total. The van der Waals surface area contributed by atoms with Gasteiger partial charge in [-0.3, -0.25) is 14.4 Å². The van der Waals surface area contributed by atoms with Crippen LogP contribution in [0, 0.1) is 11.8 Å². The van der Waals surface area contributed by atoms with Crippen molar-refractivity contribution >= 4 is 29.5 Å². The van der Waals surface area contributed by atoms with Crippen molar-refractivity contribution in [2.45, 2.75) is 67.5 Å². The summed E-state index contributed by atoms with van der Waals surface area (Å²) in [5, 5.41) is 10.6. The fraction of sp³-hybridized carbons (Fsp3) is 0.567. The lowest BCUT2D eigenvalue weighted by Gasteiger charge is -2.39. The smallest absolute Gasteiger partial charge is 0.311 e. The van der Waals surface area contributed by atoms with Crippen molar-refractivity contribution in [3.05, 3.63) is 61.2 Å². The number of aliphatic hydroxyl groups is 1. The van der Waals surface area contributed by atoms with Gasteiger partial charge in [0, 0.05) is 17.8 Å². The summed E-state index contributed by atoms with van der Waals surface area (Å²) in [5.74, 6) is -2.18. The molecule has 0 saturated carbocycles. The van der Waals surface area contributed by atoms with Crippen molar-refractivity contribution in [3.63, 3.8) is 0 Å². The SMILES string of the molecule is C=CCOC(=O)[C@@H]1[C@H]2C(=O)N([C@H](CO)c3ccccc3)C(C(=O)N(CC=C)CCCCC)C23CC[C@@]1(C)S3. The third-order valence-electron chi connectivity index (χ3n) is 8.43. The van der Waals surface area contributed by atoms with E-state index in [4.69, 9.17) is 4.74 Å². The molecule has 4 rings (SSSR count). The summed E-state index contributed by atoms with van der Waals surface area (Å²) < 4.78 is 4.23. The lowest BCUT2D eigenvalue weighted by Crippen LogP contribution is -2.55. The zero-order valence-corrected chi connectivity index (χ0v) is 23.3. The average Bonchev–Trinajstić information content (AvgIpc) is 3.48. The van der Waals surface area contributed by atoms with Crippen molar-refractivity contribution in [3.8, 4) is 0 Å². The van der Waals surface area contributed by atoms with Gasteiger partial charge in [0.1, 0.15) is 12.6 Å². The summed E-state index contributed by atoms with van der Waals surface area (Å²) in [4.78, 5) is 45.7. The second-order valence-corrected chi connectivity index (χ2v) is 12.7. The van der Waals surface area contributed by atoms with Crippen molar-refractivity contribution in [1.82, 2.24) is 9.80 Å². The molecule has 206 valence electrons. The topological polar surface area (TPSA) is 87.1 Å². The number of esters is 1. The van der Waals surface area contributed by atoms with Crippen molar-refractivity contribution < 1.29 is 24.2 Å². The molecule has 3 aliphatic rings. The third kappa shape index (κ3) is 4.70. The van der Waals surface area contributed by atoms with Gasteiger partial charge in [-0.05, 0) is 31.7 Å². The highest BCUT2D eigenvalue weighted by atomic mass is 32.2. The Morgan fingerprint density at radius 2 is 1.97 bits per heavy atom. The summed E-state index contributed by atoms with van der Waals surface area (Å²) in [6.07, 6.45) is 7.47. The Morgan fingerprint density at radius 3 is 2.61 bits per heavy atom. The van der Waals surface area contributed by atoms with E-state index in [1.54, 1.807) is 27.6 Å². The molecule has 38 heavy (non-hydrogen) atoms. The van der Waals surface area contributed by atoms with Crippen molar-refractivity contribution in [2.24, 2.45) is 11.8 Å². The second kappa shape index (κ2) is 11.7. The van der Waals surface area contributed by atoms with Crippen LogP contribution in [0.25, 0.3) is 0 Å². The highest BCUT2D eigenvalue weighted by Gasteiger charge is 2.78. The number of nitrogens with zero attached hydrogens (tertiary/aromatic N) is 2. The van der Waals surface area contributed by atoms with Gasteiger partial charge in [-0.25, -0.2) is 0 Å². The Labute approximate surface area is 230 Å². The maximum atomic E-state index is 14.5. The van der Waals surface area contributed by atoms with Gasteiger partial charge < -0.3 is 19.6 Å². The molecule has 1 aromatic carbocycles. The molecule has 3 saturated heterocycles. The lowest BCUT2D eigenvalue weighted by molar-refractivity contribution is -0.155. The Bertz CT molecular complexity index is 1060. The first kappa shape index (κ1) is 28.4. The van der Waals surface area contributed by atoms with Gasteiger partial charge in [0.15, 0.2) is 0 Å². The first-order chi connectivity index (χ1) is 18.3. The zero-order valence-electron chi connectivity index (χ0n) is 22.5. The molecule has 2 amide bonds. The van der Waals surface area contributed by atoms with Crippen LogP contribution in [0.4, 0.5) is 0 Å². The van der Waals surface area contributed by atoms with Crippen molar-refractivity contribution in [2.75, 3.05) is 26.3 Å². The number of ether oxygens (including phenoxy) is 1. The van der Waals surface area contributed by atoms with Crippen LogP contribution in [-0.2, 0) is 19.1 Å². The monoisotopic (exact) mass is 540 g/mol. The quantitative estimate of drug-likeness (QED) is 0.230. The summed E-state index contributed by atoms with van der Waals surface area (Å²) in [7, 11) is 0. The molecule has 0 aliphatic carbocycles. The van der Waals surface area contributed by atoms with E-state index in [0.717, 1.165) is 24.8 Å². The molecule has 1 aromatic rings. The van der Waals surface area contributed by atoms with Crippen molar-refractivity contribution in [1.29, 1.82) is 0 Å². The van der Waals surface area contributed by atoms with Gasteiger partial charge in [0.2, 0.25) is 11.8 Å². The van der Waals surface area contributed by atoms with E-state index in [2.05, 4.69) is 20.1 Å². The van der Waals surface area contributed by atoms with Gasteiger partial charge in [-0.15, -0.1) is 18.3 Å². The Hall–Kier alpha value is -2.58. The van der Waals surface area contributed by atoms with Gasteiger partial charge in [-0.1, -0.05) is 68.8 Å². The minimum atomic E-state index is -0.803. The molecular weight excluding hydrogens is 500 g/mol. The lowest BCUT2D eigenvalue weighted by atomic mass is 9.66. The van der Waals surface area contributed by atoms with Gasteiger partial charge in [0.05, 0.1) is 29.2 Å². The maximum absolute atomic E-state index is 14.5. The van der Waals surface area contributed by atoms with Crippen LogP contribution in [0.3, 0.4) is 0 Å². The number of benzene rings is 1. The number of fused-ring (bicyclic) bond motifs is 1. The summed E-state index contributed by atoms with van der Waals surface area (Å²) >= 11 is 1.61. The first-order valence-corrected chi connectivity index (χ1v) is 14.5. The fourth-order valence-electron chi connectivity index (χ4n) is 6.77. The highest BCUT2D eigenvalue weighted by Crippen LogP contribution is 2.72. The van der Waals surface area contributed by atoms with E-state index in [1.165, 1.54) is 6.08 Å². The normalized spacial score (nSPS) is 30.1. The van der Waals surface area contributed by atoms with Crippen LogP contribution in [0.1, 0.15) is 57.6 Å². The number of unbranched alkanes of at least 4 members (excludes halogenated alkanes) is 2. The number of aliphatic hydroxyl groups excluding tert-OH is 1. The van der Waals surface area contributed by atoms with Crippen LogP contribution < -0.4 is 0 Å². The maximum Gasteiger partial charge on any atom is 0.311 e. The Morgan fingerprint density at radius 1 is 1.24 bits per heavy atom. The fourth-order valence-corrected chi connectivity index (χ4v) is 9.10. The number of carbonyl (C=O) groups is 3. The molecule has 3 fully saturated rings. The molecule has 6 atom stereocenters. The largest absolute Gasteiger partial charge is 0.461 e. The van der Waals surface area contributed by atoms with Crippen LogP contribution in [-0.4, -0.2) is 74.5 Å². The van der Waals surface area contributed by atoms with Crippen LogP contribution in [0.2, 0.25) is 0 Å². The minimum absolute atomic E-state index is 0.0733. The van der Waals surface area contributed by atoms with Crippen LogP contribution in [0.5, 0.6) is 0 Å². The molecule has 2 bridgehead atoms. The zero-order chi connectivity index (χ0) is 27.5. The van der Waals surface area contributed by atoms with Gasteiger partial charge in [0.25, 0.3) is 0 Å². The van der Waals surface area contributed by atoms with Crippen LogP contribution in [0.15, 0.2) is 55.6 Å². The summed E-state index contributed by atoms with van der Waals surface area (Å²) in [6.45, 7) is 12.3. The molecular formula is C30H40N2O5S. The Balaban J connectivity index is 1.81. The number of hydrogen-bond donors (Lipinski definition) is 1. The van der Waals surface area contributed by atoms with Gasteiger partial charge >= 0.3 is 5.97 Å². The molecule has 1 spiro atoms. The number of amides is 2. The molecule has 3 aliphatic heterocycles. The highest BCUT2D eigenvalue weighted by molar-refractivity contribution is 8.02. The summed E-state index contributed by atoms with van der Waals surface area (Å²) in [6, 6.07) is 7.83.